The molecule has 2 aliphatic heterocycles. The van der Waals surface area contributed by atoms with Crippen LogP contribution in [0.15, 0.2) is 84.6 Å². The lowest BCUT2D eigenvalue weighted by atomic mass is 9.68. The van der Waals surface area contributed by atoms with Gasteiger partial charge >= 0.3 is 18.0 Å². The number of nitrogens with one attached hydrogen (secondary N) is 2. The highest BCUT2D eigenvalue weighted by atomic mass is 35.5. The fourth-order valence-electron chi connectivity index (χ4n) is 6.08. The van der Waals surface area contributed by atoms with Crippen LogP contribution < -0.4 is 10.6 Å². The highest BCUT2D eigenvalue weighted by Crippen LogP contribution is 2.42. The molecule has 0 aliphatic carbocycles. The Labute approximate surface area is 266 Å². The van der Waals surface area contributed by atoms with Gasteiger partial charge in [0.05, 0.1) is 12.7 Å². The average Bonchev–Trinajstić information content (AvgIpc) is 3.05. The number of urea groups is 2. The molecule has 45 heavy (non-hydrogen) atoms. The number of nitrogens with zero attached hydrogens (tertiary/aromatic N) is 2. The van der Waals surface area contributed by atoms with E-state index in [1.807, 2.05) is 30.3 Å². The van der Waals surface area contributed by atoms with Gasteiger partial charge in [0.25, 0.3) is 0 Å². The van der Waals surface area contributed by atoms with Crippen LogP contribution in [0.25, 0.3) is 0 Å². The Morgan fingerprint density at radius 3 is 2.31 bits per heavy atom. The summed E-state index contributed by atoms with van der Waals surface area (Å²) in [6.45, 7) is 2.59. The van der Waals surface area contributed by atoms with Crippen molar-refractivity contribution in [3.8, 4) is 5.75 Å². The van der Waals surface area contributed by atoms with Crippen LogP contribution in [0.3, 0.4) is 0 Å². The molecular weight excluding hydrogens is 606 g/mol. The van der Waals surface area contributed by atoms with E-state index in [0.29, 0.717) is 13.0 Å². The normalized spacial score (nSPS) is 17.8. The summed E-state index contributed by atoms with van der Waals surface area (Å²) in [5.41, 5.74) is 2.13. The number of amides is 4. The number of phenolic OH excluding ortho intramolecular Hbond substituents is 1. The Morgan fingerprint density at radius 1 is 1.00 bits per heavy atom. The largest absolute Gasteiger partial charge is 0.508 e. The number of likely N-dealkylation sites (tertiary alicyclic amines) is 1. The number of rotatable bonds is 8. The Bertz CT molecular complexity index is 1550. The Balaban J connectivity index is 0.00000461. The van der Waals surface area contributed by atoms with E-state index in [2.05, 4.69) is 27.7 Å². The summed E-state index contributed by atoms with van der Waals surface area (Å²) in [5.74, 6) is -2.88. The molecule has 0 saturated carbocycles. The van der Waals surface area contributed by atoms with Crippen molar-refractivity contribution in [3.63, 3.8) is 0 Å². The number of halogens is 3. The molecule has 1 atom stereocenters. The van der Waals surface area contributed by atoms with Crippen LogP contribution in [0.4, 0.5) is 18.4 Å². The third-order valence-electron chi connectivity index (χ3n) is 8.41. The third kappa shape index (κ3) is 7.10. The molecule has 2 aliphatic rings. The van der Waals surface area contributed by atoms with Gasteiger partial charge in [-0.1, -0.05) is 48.5 Å². The summed E-state index contributed by atoms with van der Waals surface area (Å²) in [5, 5.41) is 14.9. The highest BCUT2D eigenvalue weighted by molar-refractivity contribution is 6.00. The van der Waals surface area contributed by atoms with E-state index < -0.39 is 35.7 Å². The third-order valence-corrected chi connectivity index (χ3v) is 8.41. The monoisotopic (exact) mass is 640 g/mol. The fourth-order valence-corrected chi connectivity index (χ4v) is 6.08. The van der Waals surface area contributed by atoms with Gasteiger partial charge in [0, 0.05) is 18.2 Å². The summed E-state index contributed by atoms with van der Waals surface area (Å²) >= 11 is 0. The molecule has 0 radical (unpaired) electrons. The molecule has 0 aromatic heterocycles. The number of imide groups is 1. The standard InChI is InChI=1S/C33H34F2N4O5.ClH/c1-44-30(41)26-21-37-32(43)39(29(26)22-8-13-27(34)28(35)20-22)31(42)36-16-5-17-38-18-14-33(15-19-38,23-6-3-2-4-7-23)24-9-11-25(40)12-10-24;/h2-4,6-13,20-21,29,40H,5,14-19H2,1H3,(H,36,42)(H,37,43);1H. The topological polar surface area (TPSA) is 111 Å². The molecule has 9 nitrogen and oxygen atoms in total. The van der Waals surface area contributed by atoms with Crippen molar-refractivity contribution in [2.45, 2.75) is 30.7 Å². The van der Waals surface area contributed by atoms with Gasteiger partial charge in [-0.15, -0.1) is 12.4 Å². The zero-order valence-corrected chi connectivity index (χ0v) is 25.5. The molecule has 5 rings (SSSR count). The summed E-state index contributed by atoms with van der Waals surface area (Å²) < 4.78 is 32.5. The Kier molecular flexibility index (Phi) is 10.8. The van der Waals surface area contributed by atoms with E-state index in [4.69, 9.17) is 4.74 Å². The second kappa shape index (κ2) is 14.5. The number of methoxy groups -OCH3 is 1. The van der Waals surface area contributed by atoms with Crippen LogP contribution >= 0.6 is 12.4 Å². The second-order valence-corrected chi connectivity index (χ2v) is 10.9. The molecule has 238 valence electrons. The number of piperidine rings is 1. The molecule has 0 spiro atoms. The molecule has 12 heteroatoms. The molecule has 1 fully saturated rings. The Morgan fingerprint density at radius 2 is 1.67 bits per heavy atom. The van der Waals surface area contributed by atoms with Crippen LogP contribution in [0.2, 0.25) is 0 Å². The lowest BCUT2D eigenvalue weighted by Crippen LogP contribution is -2.53. The summed E-state index contributed by atoms with van der Waals surface area (Å²) in [4.78, 5) is 41.6. The Hall–Kier alpha value is -4.48. The van der Waals surface area contributed by atoms with Crippen molar-refractivity contribution in [1.82, 2.24) is 20.4 Å². The van der Waals surface area contributed by atoms with Crippen molar-refractivity contribution >= 4 is 30.4 Å². The number of esters is 1. The maximum absolute atomic E-state index is 14.1. The van der Waals surface area contributed by atoms with Gasteiger partial charge in [0.2, 0.25) is 0 Å². The quantitative estimate of drug-likeness (QED) is 0.225. The maximum atomic E-state index is 14.1. The van der Waals surface area contributed by atoms with Gasteiger partial charge < -0.3 is 25.4 Å². The average molecular weight is 641 g/mol. The number of benzene rings is 3. The smallest absolute Gasteiger partial charge is 0.337 e. The van der Waals surface area contributed by atoms with E-state index in [-0.39, 0.29) is 41.3 Å². The fraction of sp³-hybridized carbons (Fsp3) is 0.303. The van der Waals surface area contributed by atoms with Crippen molar-refractivity contribution in [2.75, 3.05) is 33.3 Å². The first-order valence-corrected chi connectivity index (χ1v) is 14.4. The van der Waals surface area contributed by atoms with Crippen molar-refractivity contribution < 1.29 is 33.0 Å². The first-order chi connectivity index (χ1) is 21.2. The minimum Gasteiger partial charge on any atom is -0.508 e. The van der Waals surface area contributed by atoms with Gasteiger partial charge in [-0.3, -0.25) is 0 Å². The first-order valence-electron chi connectivity index (χ1n) is 14.4. The lowest BCUT2D eigenvalue weighted by Gasteiger charge is -2.43. The minimum absolute atomic E-state index is 0. The van der Waals surface area contributed by atoms with Crippen LogP contribution in [0.5, 0.6) is 5.75 Å². The van der Waals surface area contributed by atoms with Crippen LogP contribution in [-0.2, 0) is 14.9 Å². The lowest BCUT2D eigenvalue weighted by molar-refractivity contribution is -0.136. The summed E-state index contributed by atoms with van der Waals surface area (Å²) in [6.07, 6.45) is 3.45. The maximum Gasteiger partial charge on any atom is 0.337 e. The molecule has 4 amide bonds. The molecule has 1 saturated heterocycles. The number of ether oxygens (including phenoxy) is 1. The van der Waals surface area contributed by atoms with E-state index in [1.54, 1.807) is 12.1 Å². The second-order valence-electron chi connectivity index (χ2n) is 10.9. The van der Waals surface area contributed by atoms with Gasteiger partial charge in [-0.05, 0) is 79.9 Å². The predicted octanol–water partition coefficient (Wildman–Crippen LogP) is 5.40. The summed E-state index contributed by atoms with van der Waals surface area (Å²) in [7, 11) is 1.14. The summed E-state index contributed by atoms with van der Waals surface area (Å²) in [6, 6.07) is 17.8. The van der Waals surface area contributed by atoms with Crippen molar-refractivity contribution in [3.05, 3.63) is 113 Å². The molecular formula is C33H35ClF2N4O5. The van der Waals surface area contributed by atoms with E-state index >= 15 is 0 Å². The molecule has 3 aromatic carbocycles. The van der Waals surface area contributed by atoms with Crippen molar-refractivity contribution in [1.29, 1.82) is 0 Å². The molecule has 3 N–H and O–H groups in total. The van der Waals surface area contributed by atoms with Gasteiger partial charge in [0.1, 0.15) is 11.8 Å². The van der Waals surface area contributed by atoms with E-state index in [0.717, 1.165) is 61.8 Å². The SMILES string of the molecule is COC(=O)C1=CNC(=O)N(C(=O)NCCCN2CCC(c3ccccc3)(c3ccc(O)cc3)CC2)C1c1ccc(F)c(F)c1.Cl. The van der Waals surface area contributed by atoms with E-state index in [1.165, 1.54) is 11.6 Å². The number of aromatic hydroxyl groups is 1. The highest BCUT2D eigenvalue weighted by Gasteiger charge is 2.40. The van der Waals surface area contributed by atoms with Crippen LogP contribution in [-0.4, -0.2) is 66.2 Å². The van der Waals surface area contributed by atoms with Gasteiger partial charge in [-0.25, -0.2) is 28.1 Å². The minimum atomic E-state index is -1.32. The van der Waals surface area contributed by atoms with Gasteiger partial charge in [-0.2, -0.15) is 0 Å². The predicted molar refractivity (Wildman–Crippen MR) is 166 cm³/mol. The van der Waals surface area contributed by atoms with Crippen LogP contribution in [0, 0.1) is 11.6 Å². The zero-order chi connectivity index (χ0) is 31.3. The number of carbonyl (C=O) groups is 3. The van der Waals surface area contributed by atoms with Crippen molar-refractivity contribution in [2.24, 2.45) is 0 Å². The van der Waals surface area contributed by atoms with Crippen LogP contribution in [0.1, 0.15) is 42.0 Å². The first kappa shape index (κ1) is 33.4. The molecule has 1 unspecified atom stereocenters. The number of carbonyl (C=O) groups excluding carboxylic acids is 3. The molecule has 2 heterocycles. The number of phenols is 1. The van der Waals surface area contributed by atoms with E-state index in [9.17, 15) is 28.3 Å². The molecule has 3 aromatic rings. The zero-order valence-electron chi connectivity index (χ0n) is 24.7. The van der Waals surface area contributed by atoms with Gasteiger partial charge in [0.15, 0.2) is 11.6 Å². The molecule has 0 bridgehead atoms. The number of hydrogen-bond acceptors (Lipinski definition) is 6. The number of hydrogen-bond donors (Lipinski definition) is 3.